The molecule has 18 heavy (non-hydrogen) atoms. The number of carbonyl (C=O) groups excluding carboxylic acids is 1. The van der Waals surface area contributed by atoms with Gasteiger partial charge in [-0.25, -0.2) is 0 Å². The predicted molar refractivity (Wildman–Crippen MR) is 74.3 cm³/mol. The predicted octanol–water partition coefficient (Wildman–Crippen LogP) is 1.67. The van der Waals surface area contributed by atoms with Crippen LogP contribution in [-0.4, -0.2) is 37.0 Å². The Morgan fingerprint density at radius 2 is 1.83 bits per heavy atom. The highest BCUT2D eigenvalue weighted by Gasteiger charge is 2.37. The number of hydrogen-bond acceptors (Lipinski definition) is 2. The first-order valence-electron chi connectivity index (χ1n) is 6.45. The van der Waals surface area contributed by atoms with E-state index in [1.165, 1.54) is 0 Å². The molecule has 96 valence electrons. The monoisotopic (exact) mass is 308 g/mol. The molecule has 2 atom stereocenters. The lowest BCUT2D eigenvalue weighted by Crippen LogP contribution is -2.32. The van der Waals surface area contributed by atoms with E-state index in [1.54, 1.807) is 0 Å². The molecule has 0 saturated carbocycles. The maximum Gasteiger partial charge on any atom is 0.227 e. The van der Waals surface area contributed by atoms with Crippen molar-refractivity contribution >= 4 is 21.8 Å². The third kappa shape index (κ3) is 2.45. The Kier molecular flexibility index (Phi) is 3.39. The standard InChI is InChI=1S/C14H17BrN2O/c15-13-3-1-10(2-4-13)5-14(18)17-8-11-6-16-7-12(11)9-17/h1-4,11-12,16H,5-9H2. The Morgan fingerprint density at radius 1 is 1.22 bits per heavy atom. The van der Waals surface area contributed by atoms with Crippen molar-refractivity contribution in [2.45, 2.75) is 6.42 Å². The van der Waals surface area contributed by atoms with Crippen molar-refractivity contribution in [2.24, 2.45) is 11.8 Å². The minimum atomic E-state index is 0.270. The Bertz CT molecular complexity index is 434. The molecule has 2 heterocycles. The number of amides is 1. The second-order valence-electron chi connectivity index (χ2n) is 5.28. The number of carbonyl (C=O) groups is 1. The number of likely N-dealkylation sites (tertiary alicyclic amines) is 1. The summed E-state index contributed by atoms with van der Waals surface area (Å²) in [5.74, 6) is 1.63. The van der Waals surface area contributed by atoms with E-state index >= 15 is 0 Å². The Labute approximate surface area is 116 Å². The van der Waals surface area contributed by atoms with Crippen LogP contribution < -0.4 is 5.32 Å². The van der Waals surface area contributed by atoms with Crippen LogP contribution >= 0.6 is 15.9 Å². The fourth-order valence-corrected chi connectivity index (χ4v) is 3.21. The van der Waals surface area contributed by atoms with Crippen LogP contribution in [0.15, 0.2) is 28.7 Å². The lowest BCUT2D eigenvalue weighted by Gasteiger charge is -2.17. The molecule has 1 N–H and O–H groups in total. The molecule has 2 saturated heterocycles. The largest absolute Gasteiger partial charge is 0.342 e. The molecule has 3 nitrogen and oxygen atoms in total. The van der Waals surface area contributed by atoms with Crippen molar-refractivity contribution < 1.29 is 4.79 Å². The summed E-state index contributed by atoms with van der Waals surface area (Å²) >= 11 is 3.41. The van der Waals surface area contributed by atoms with Gasteiger partial charge in [0.2, 0.25) is 5.91 Å². The van der Waals surface area contributed by atoms with Crippen LogP contribution in [0.25, 0.3) is 0 Å². The highest BCUT2D eigenvalue weighted by molar-refractivity contribution is 9.10. The van der Waals surface area contributed by atoms with E-state index in [1.807, 2.05) is 29.2 Å². The summed E-state index contributed by atoms with van der Waals surface area (Å²) in [6.07, 6.45) is 0.528. The van der Waals surface area contributed by atoms with Crippen molar-refractivity contribution in [3.63, 3.8) is 0 Å². The third-order valence-electron chi connectivity index (χ3n) is 4.01. The summed E-state index contributed by atoms with van der Waals surface area (Å²) in [6, 6.07) is 8.01. The zero-order valence-electron chi connectivity index (χ0n) is 10.2. The molecular weight excluding hydrogens is 292 g/mol. The second-order valence-corrected chi connectivity index (χ2v) is 6.20. The Morgan fingerprint density at radius 3 is 2.44 bits per heavy atom. The third-order valence-corrected chi connectivity index (χ3v) is 4.54. The number of rotatable bonds is 2. The van der Waals surface area contributed by atoms with Gasteiger partial charge in [0.1, 0.15) is 0 Å². The van der Waals surface area contributed by atoms with Crippen LogP contribution in [0.2, 0.25) is 0 Å². The first-order chi connectivity index (χ1) is 8.72. The molecular formula is C14H17BrN2O. The van der Waals surface area contributed by atoms with Crippen molar-refractivity contribution in [1.82, 2.24) is 10.2 Å². The quantitative estimate of drug-likeness (QED) is 0.901. The molecule has 0 aliphatic carbocycles. The van der Waals surface area contributed by atoms with Gasteiger partial charge < -0.3 is 10.2 Å². The van der Waals surface area contributed by atoms with Gasteiger partial charge in [0.05, 0.1) is 6.42 Å². The Balaban J connectivity index is 1.60. The molecule has 0 spiro atoms. The van der Waals surface area contributed by atoms with E-state index in [2.05, 4.69) is 21.2 Å². The van der Waals surface area contributed by atoms with Gasteiger partial charge in [-0.1, -0.05) is 28.1 Å². The fourth-order valence-electron chi connectivity index (χ4n) is 2.95. The van der Waals surface area contributed by atoms with Crippen molar-refractivity contribution in [3.8, 4) is 0 Å². The molecule has 1 amide bonds. The normalized spacial score (nSPS) is 26.4. The van der Waals surface area contributed by atoms with Crippen LogP contribution in [0.5, 0.6) is 0 Å². The number of nitrogens with zero attached hydrogens (tertiary/aromatic N) is 1. The summed E-state index contributed by atoms with van der Waals surface area (Å²) < 4.78 is 1.06. The molecule has 2 fully saturated rings. The van der Waals surface area contributed by atoms with E-state index < -0.39 is 0 Å². The molecule has 2 aliphatic heterocycles. The van der Waals surface area contributed by atoms with Gasteiger partial charge in [0.25, 0.3) is 0 Å². The van der Waals surface area contributed by atoms with Crippen molar-refractivity contribution in [2.75, 3.05) is 26.2 Å². The maximum atomic E-state index is 12.2. The molecule has 0 radical (unpaired) electrons. The number of nitrogens with one attached hydrogen (secondary N) is 1. The van der Waals surface area contributed by atoms with Gasteiger partial charge in [-0.3, -0.25) is 4.79 Å². The van der Waals surface area contributed by atoms with Crippen LogP contribution in [-0.2, 0) is 11.2 Å². The maximum absolute atomic E-state index is 12.2. The van der Waals surface area contributed by atoms with E-state index in [4.69, 9.17) is 0 Å². The average molecular weight is 309 g/mol. The smallest absolute Gasteiger partial charge is 0.227 e. The summed E-state index contributed by atoms with van der Waals surface area (Å²) in [5.41, 5.74) is 1.10. The second kappa shape index (κ2) is 5.02. The van der Waals surface area contributed by atoms with Crippen LogP contribution in [0.1, 0.15) is 5.56 Å². The summed E-state index contributed by atoms with van der Waals surface area (Å²) in [6.45, 7) is 4.03. The summed E-state index contributed by atoms with van der Waals surface area (Å²) in [7, 11) is 0. The lowest BCUT2D eigenvalue weighted by molar-refractivity contribution is -0.129. The molecule has 1 aromatic rings. The minimum Gasteiger partial charge on any atom is -0.342 e. The number of hydrogen-bond donors (Lipinski definition) is 1. The van der Waals surface area contributed by atoms with E-state index in [0.717, 1.165) is 36.2 Å². The summed E-state index contributed by atoms with van der Waals surface area (Å²) in [4.78, 5) is 14.3. The van der Waals surface area contributed by atoms with Gasteiger partial charge >= 0.3 is 0 Å². The van der Waals surface area contributed by atoms with E-state index in [-0.39, 0.29) is 5.91 Å². The first-order valence-corrected chi connectivity index (χ1v) is 7.24. The van der Waals surface area contributed by atoms with E-state index in [9.17, 15) is 4.79 Å². The summed E-state index contributed by atoms with van der Waals surface area (Å²) in [5, 5.41) is 3.40. The van der Waals surface area contributed by atoms with Crippen molar-refractivity contribution in [3.05, 3.63) is 34.3 Å². The minimum absolute atomic E-state index is 0.270. The highest BCUT2D eigenvalue weighted by atomic mass is 79.9. The van der Waals surface area contributed by atoms with Crippen LogP contribution in [0.4, 0.5) is 0 Å². The molecule has 0 bridgehead atoms. The van der Waals surface area contributed by atoms with Gasteiger partial charge in [-0.15, -0.1) is 0 Å². The zero-order chi connectivity index (χ0) is 12.5. The van der Waals surface area contributed by atoms with Gasteiger partial charge in [0.15, 0.2) is 0 Å². The molecule has 3 rings (SSSR count). The lowest BCUT2D eigenvalue weighted by atomic mass is 10.0. The number of halogens is 1. The van der Waals surface area contributed by atoms with Gasteiger partial charge in [-0.2, -0.15) is 0 Å². The SMILES string of the molecule is O=C(Cc1ccc(Br)cc1)N1CC2CNCC2C1. The molecule has 2 aliphatic rings. The molecule has 0 aromatic heterocycles. The van der Waals surface area contributed by atoms with Crippen LogP contribution in [0.3, 0.4) is 0 Å². The average Bonchev–Trinajstić information content (AvgIpc) is 2.92. The van der Waals surface area contributed by atoms with E-state index in [0.29, 0.717) is 18.3 Å². The van der Waals surface area contributed by atoms with Gasteiger partial charge in [-0.05, 0) is 29.5 Å². The topological polar surface area (TPSA) is 32.3 Å². The first kappa shape index (κ1) is 12.2. The highest BCUT2D eigenvalue weighted by Crippen LogP contribution is 2.26. The molecule has 4 heteroatoms. The van der Waals surface area contributed by atoms with Gasteiger partial charge in [0, 0.05) is 30.7 Å². The van der Waals surface area contributed by atoms with Crippen molar-refractivity contribution in [1.29, 1.82) is 0 Å². The Hall–Kier alpha value is -0.870. The fraction of sp³-hybridized carbons (Fsp3) is 0.500. The van der Waals surface area contributed by atoms with Crippen LogP contribution in [0, 0.1) is 11.8 Å². The number of benzene rings is 1. The number of fused-ring (bicyclic) bond motifs is 1. The zero-order valence-corrected chi connectivity index (χ0v) is 11.8. The molecule has 2 unspecified atom stereocenters. The molecule has 1 aromatic carbocycles.